The quantitative estimate of drug-likeness (QED) is 0.858. The predicted octanol–water partition coefficient (Wildman–Crippen LogP) is 1.64. The van der Waals surface area contributed by atoms with Gasteiger partial charge in [0.15, 0.2) is 12.4 Å². The highest BCUT2D eigenvalue weighted by Crippen LogP contribution is 2.14. The van der Waals surface area contributed by atoms with E-state index in [1.807, 2.05) is 0 Å². The van der Waals surface area contributed by atoms with Crippen molar-refractivity contribution < 1.29 is 14.3 Å². The normalized spacial score (nSPS) is 17.8. The number of carbonyl (C=O) groups excluding carboxylic acids is 2. The number of carbonyl (C=O) groups is 2. The van der Waals surface area contributed by atoms with Crippen molar-refractivity contribution in [2.24, 2.45) is 5.73 Å². The maximum atomic E-state index is 12.0. The van der Waals surface area contributed by atoms with Crippen molar-refractivity contribution in [3.05, 3.63) is 29.8 Å². The third-order valence-electron chi connectivity index (χ3n) is 3.41. The number of halogens is 1. The summed E-state index contributed by atoms with van der Waals surface area (Å²) in [5.41, 5.74) is 6.43. The van der Waals surface area contributed by atoms with Gasteiger partial charge in [-0.1, -0.05) is 12.1 Å². The Kier molecular flexibility index (Phi) is 6.65. The van der Waals surface area contributed by atoms with Gasteiger partial charge in [-0.15, -0.1) is 12.4 Å². The molecule has 0 aliphatic carbocycles. The lowest BCUT2D eigenvalue weighted by Gasteiger charge is -2.30. The molecular formula is C15H21ClN2O3. The summed E-state index contributed by atoms with van der Waals surface area (Å²) in [5, 5.41) is 0. The maximum absolute atomic E-state index is 12.0. The van der Waals surface area contributed by atoms with Crippen molar-refractivity contribution in [1.82, 2.24) is 4.90 Å². The van der Waals surface area contributed by atoms with Gasteiger partial charge in [-0.05, 0) is 31.9 Å². The second-order valence-corrected chi connectivity index (χ2v) is 5.11. The number of likely N-dealkylation sites (tertiary alicyclic amines) is 1. The maximum Gasteiger partial charge on any atom is 0.260 e. The molecule has 2 rings (SSSR count). The molecule has 0 saturated carbocycles. The molecule has 1 amide bonds. The number of rotatable bonds is 4. The number of hydrogen-bond acceptors (Lipinski definition) is 4. The summed E-state index contributed by atoms with van der Waals surface area (Å²) in [5.74, 6) is 0.449. The van der Waals surface area contributed by atoms with E-state index in [4.69, 9.17) is 10.5 Å². The van der Waals surface area contributed by atoms with Crippen LogP contribution in [0.4, 0.5) is 0 Å². The van der Waals surface area contributed by atoms with Crippen molar-refractivity contribution in [3.63, 3.8) is 0 Å². The van der Waals surface area contributed by atoms with Gasteiger partial charge in [0.2, 0.25) is 0 Å². The number of ketones is 1. The lowest BCUT2D eigenvalue weighted by molar-refractivity contribution is -0.134. The van der Waals surface area contributed by atoms with E-state index >= 15 is 0 Å². The minimum Gasteiger partial charge on any atom is -0.484 e. The standard InChI is InChI=1S/C15H20N2O3.ClH/c1-11(18)12-4-2-6-14(8-12)20-10-15(19)17-7-3-5-13(16)9-17;/h2,4,6,8,13H,3,5,7,9-10,16H2,1H3;1H. The van der Waals surface area contributed by atoms with E-state index in [0.29, 0.717) is 17.9 Å². The number of amides is 1. The largest absolute Gasteiger partial charge is 0.484 e. The Hall–Kier alpha value is -1.59. The van der Waals surface area contributed by atoms with Gasteiger partial charge in [0.25, 0.3) is 5.91 Å². The van der Waals surface area contributed by atoms with E-state index in [9.17, 15) is 9.59 Å². The van der Waals surface area contributed by atoms with Crippen LogP contribution in [-0.4, -0.2) is 42.3 Å². The van der Waals surface area contributed by atoms with E-state index in [1.165, 1.54) is 6.92 Å². The Morgan fingerprint density at radius 1 is 1.43 bits per heavy atom. The SMILES string of the molecule is CC(=O)c1cccc(OCC(=O)N2CCCC(N)C2)c1.Cl. The minimum absolute atomic E-state index is 0. The number of benzene rings is 1. The first kappa shape index (κ1) is 17.5. The topological polar surface area (TPSA) is 72.6 Å². The van der Waals surface area contributed by atoms with Gasteiger partial charge in [-0.3, -0.25) is 9.59 Å². The molecule has 1 aromatic rings. The summed E-state index contributed by atoms with van der Waals surface area (Å²) < 4.78 is 5.46. The Balaban J connectivity index is 0.00000220. The molecule has 1 saturated heterocycles. The summed E-state index contributed by atoms with van der Waals surface area (Å²) in [6.07, 6.45) is 1.90. The summed E-state index contributed by atoms with van der Waals surface area (Å²) in [6.45, 7) is 2.81. The molecule has 0 spiro atoms. The van der Waals surface area contributed by atoms with Gasteiger partial charge in [0.1, 0.15) is 5.75 Å². The number of piperidine rings is 1. The third-order valence-corrected chi connectivity index (χ3v) is 3.41. The number of Topliss-reactive ketones (excluding diaryl/α,β-unsaturated/α-hetero) is 1. The lowest BCUT2D eigenvalue weighted by Crippen LogP contribution is -2.47. The number of nitrogens with zero attached hydrogens (tertiary/aromatic N) is 1. The van der Waals surface area contributed by atoms with Crippen LogP contribution in [0.25, 0.3) is 0 Å². The summed E-state index contributed by atoms with van der Waals surface area (Å²) >= 11 is 0. The summed E-state index contributed by atoms with van der Waals surface area (Å²) in [4.78, 5) is 25.0. The van der Waals surface area contributed by atoms with Crippen molar-refractivity contribution in [2.75, 3.05) is 19.7 Å². The molecule has 116 valence electrons. The minimum atomic E-state index is -0.0617. The molecule has 1 aromatic carbocycles. The van der Waals surface area contributed by atoms with Crippen LogP contribution in [0, 0.1) is 0 Å². The van der Waals surface area contributed by atoms with Gasteiger partial charge in [-0.25, -0.2) is 0 Å². The molecule has 0 bridgehead atoms. The van der Waals surface area contributed by atoms with E-state index in [-0.39, 0.29) is 36.7 Å². The van der Waals surface area contributed by atoms with Gasteiger partial charge in [0.05, 0.1) is 0 Å². The Morgan fingerprint density at radius 2 is 2.19 bits per heavy atom. The molecule has 1 atom stereocenters. The second kappa shape index (κ2) is 8.00. The van der Waals surface area contributed by atoms with Crippen LogP contribution in [0.2, 0.25) is 0 Å². The molecule has 1 aliphatic rings. The first-order chi connectivity index (χ1) is 9.56. The van der Waals surface area contributed by atoms with Crippen LogP contribution in [0.1, 0.15) is 30.1 Å². The van der Waals surface area contributed by atoms with Crippen LogP contribution in [0.15, 0.2) is 24.3 Å². The Bertz CT molecular complexity index is 507. The van der Waals surface area contributed by atoms with E-state index in [2.05, 4.69) is 0 Å². The molecular weight excluding hydrogens is 292 g/mol. The predicted molar refractivity (Wildman–Crippen MR) is 83.0 cm³/mol. The molecule has 1 aliphatic heterocycles. The molecule has 6 heteroatoms. The van der Waals surface area contributed by atoms with Gasteiger partial charge in [-0.2, -0.15) is 0 Å². The van der Waals surface area contributed by atoms with Crippen LogP contribution in [0.5, 0.6) is 5.75 Å². The average molecular weight is 313 g/mol. The van der Waals surface area contributed by atoms with Crippen LogP contribution < -0.4 is 10.5 Å². The van der Waals surface area contributed by atoms with Crippen LogP contribution in [-0.2, 0) is 4.79 Å². The summed E-state index contributed by atoms with van der Waals surface area (Å²) in [7, 11) is 0. The van der Waals surface area contributed by atoms with E-state index in [1.54, 1.807) is 29.2 Å². The van der Waals surface area contributed by atoms with Crippen molar-refractivity contribution in [1.29, 1.82) is 0 Å². The molecule has 2 N–H and O–H groups in total. The molecule has 1 heterocycles. The Morgan fingerprint density at radius 3 is 2.86 bits per heavy atom. The lowest BCUT2D eigenvalue weighted by atomic mass is 10.1. The fourth-order valence-corrected chi connectivity index (χ4v) is 2.28. The zero-order valence-corrected chi connectivity index (χ0v) is 12.9. The monoisotopic (exact) mass is 312 g/mol. The average Bonchev–Trinajstić information content (AvgIpc) is 2.45. The first-order valence-electron chi connectivity index (χ1n) is 6.83. The molecule has 1 unspecified atom stereocenters. The first-order valence-corrected chi connectivity index (χ1v) is 6.83. The van der Waals surface area contributed by atoms with Gasteiger partial charge in [0, 0.05) is 24.7 Å². The van der Waals surface area contributed by atoms with E-state index in [0.717, 1.165) is 19.4 Å². The molecule has 0 radical (unpaired) electrons. The highest BCUT2D eigenvalue weighted by atomic mass is 35.5. The highest BCUT2D eigenvalue weighted by molar-refractivity contribution is 5.94. The smallest absolute Gasteiger partial charge is 0.260 e. The van der Waals surface area contributed by atoms with Crippen LogP contribution in [0.3, 0.4) is 0 Å². The molecule has 5 nitrogen and oxygen atoms in total. The second-order valence-electron chi connectivity index (χ2n) is 5.11. The van der Waals surface area contributed by atoms with Crippen molar-refractivity contribution >= 4 is 24.1 Å². The molecule has 21 heavy (non-hydrogen) atoms. The zero-order valence-electron chi connectivity index (χ0n) is 12.1. The van der Waals surface area contributed by atoms with Crippen molar-refractivity contribution in [3.8, 4) is 5.75 Å². The highest BCUT2D eigenvalue weighted by Gasteiger charge is 2.21. The number of hydrogen-bond donors (Lipinski definition) is 1. The Labute approximate surface area is 130 Å². The van der Waals surface area contributed by atoms with Gasteiger partial charge >= 0.3 is 0 Å². The summed E-state index contributed by atoms with van der Waals surface area (Å²) in [6, 6.07) is 6.92. The van der Waals surface area contributed by atoms with Crippen LogP contribution >= 0.6 is 12.4 Å². The van der Waals surface area contributed by atoms with Gasteiger partial charge < -0.3 is 15.4 Å². The zero-order chi connectivity index (χ0) is 14.5. The fourth-order valence-electron chi connectivity index (χ4n) is 2.28. The molecule has 1 fully saturated rings. The fraction of sp³-hybridized carbons (Fsp3) is 0.467. The molecule has 0 aromatic heterocycles. The van der Waals surface area contributed by atoms with Crippen molar-refractivity contribution in [2.45, 2.75) is 25.8 Å². The number of ether oxygens (including phenoxy) is 1. The third kappa shape index (κ3) is 5.02. The van der Waals surface area contributed by atoms with E-state index < -0.39 is 0 Å². The number of nitrogens with two attached hydrogens (primary N) is 1.